The number of aryl methyl sites for hydroxylation is 1. The number of hydrogen-bond donors (Lipinski definition) is 1. The first-order valence-corrected chi connectivity index (χ1v) is 11.0. The van der Waals surface area contributed by atoms with Crippen LogP contribution in [0.2, 0.25) is 0 Å². The van der Waals surface area contributed by atoms with Crippen LogP contribution in [0.3, 0.4) is 0 Å². The number of benzene rings is 2. The molecule has 156 valence electrons. The molecule has 0 spiro atoms. The first-order chi connectivity index (χ1) is 13.7. The van der Waals surface area contributed by atoms with Crippen molar-refractivity contribution >= 4 is 15.9 Å². The first-order valence-electron chi connectivity index (χ1n) is 9.54. The average molecular weight is 420 g/mol. The number of amides is 1. The number of rotatable bonds is 5. The lowest BCUT2D eigenvalue weighted by Crippen LogP contribution is -2.47. The van der Waals surface area contributed by atoms with E-state index in [1.54, 1.807) is 38.1 Å². The van der Waals surface area contributed by atoms with Crippen molar-refractivity contribution in [1.29, 1.82) is 0 Å². The Morgan fingerprint density at radius 2 is 1.69 bits per heavy atom. The van der Waals surface area contributed by atoms with Crippen molar-refractivity contribution in [3.63, 3.8) is 0 Å². The van der Waals surface area contributed by atoms with E-state index in [0.29, 0.717) is 31.7 Å². The van der Waals surface area contributed by atoms with Crippen molar-refractivity contribution in [3.05, 3.63) is 65.0 Å². The maximum atomic E-state index is 13.1. The number of nitrogens with one attached hydrogen (secondary N) is 1. The summed E-state index contributed by atoms with van der Waals surface area (Å²) in [6, 6.07) is 10.3. The van der Waals surface area contributed by atoms with E-state index in [0.717, 1.165) is 5.56 Å². The number of halogens is 1. The van der Waals surface area contributed by atoms with Crippen LogP contribution >= 0.6 is 0 Å². The van der Waals surface area contributed by atoms with E-state index in [4.69, 9.17) is 0 Å². The second-order valence-electron chi connectivity index (χ2n) is 7.43. The van der Waals surface area contributed by atoms with Gasteiger partial charge in [-0.1, -0.05) is 18.2 Å². The Bertz CT molecular complexity index is 985. The third-order valence-electron chi connectivity index (χ3n) is 5.25. The molecule has 0 saturated carbocycles. The van der Waals surface area contributed by atoms with Gasteiger partial charge in [0, 0.05) is 31.7 Å². The van der Waals surface area contributed by atoms with Gasteiger partial charge in [0.15, 0.2) is 0 Å². The van der Waals surface area contributed by atoms with Crippen molar-refractivity contribution in [2.24, 2.45) is 0 Å². The third kappa shape index (κ3) is 4.83. The number of likely N-dealkylation sites (N-methyl/N-ethyl adjacent to an activating group) is 1. The highest BCUT2D eigenvalue weighted by Crippen LogP contribution is 2.23. The monoisotopic (exact) mass is 419 g/mol. The molecule has 1 saturated heterocycles. The van der Waals surface area contributed by atoms with Crippen LogP contribution in [0.15, 0.2) is 47.4 Å². The number of carbonyl (C=O) groups excluding carboxylic acids is 1. The van der Waals surface area contributed by atoms with Crippen molar-refractivity contribution < 1.29 is 17.6 Å². The van der Waals surface area contributed by atoms with Crippen molar-refractivity contribution in [1.82, 2.24) is 14.5 Å². The zero-order valence-corrected chi connectivity index (χ0v) is 17.7. The predicted molar refractivity (Wildman–Crippen MR) is 110 cm³/mol. The molecule has 1 unspecified atom stereocenters. The van der Waals surface area contributed by atoms with Gasteiger partial charge in [0.2, 0.25) is 10.0 Å². The SMILES string of the molecule is Cc1ccc(C(=O)NC(C)c2ccc(F)cc2)cc1S(=O)(=O)N1CCN(C)CC1. The van der Waals surface area contributed by atoms with E-state index < -0.39 is 10.0 Å². The van der Waals surface area contributed by atoms with E-state index in [9.17, 15) is 17.6 Å². The van der Waals surface area contributed by atoms with Gasteiger partial charge in [-0.15, -0.1) is 0 Å². The largest absolute Gasteiger partial charge is 0.346 e. The molecule has 0 bridgehead atoms. The molecule has 1 aliphatic rings. The fourth-order valence-corrected chi connectivity index (χ4v) is 4.97. The molecule has 6 nitrogen and oxygen atoms in total. The first kappa shape index (κ1) is 21.4. The summed E-state index contributed by atoms with van der Waals surface area (Å²) in [4.78, 5) is 14.9. The fourth-order valence-electron chi connectivity index (χ4n) is 3.30. The minimum atomic E-state index is -3.67. The molecule has 1 atom stereocenters. The van der Waals surface area contributed by atoms with Gasteiger partial charge in [0.1, 0.15) is 5.82 Å². The molecule has 0 aliphatic carbocycles. The molecule has 3 rings (SSSR count). The van der Waals surface area contributed by atoms with E-state index in [-0.39, 0.29) is 28.2 Å². The maximum absolute atomic E-state index is 13.1. The lowest BCUT2D eigenvalue weighted by atomic mass is 10.1. The Hall–Kier alpha value is -2.29. The molecule has 0 radical (unpaired) electrons. The summed E-state index contributed by atoms with van der Waals surface area (Å²) in [5.74, 6) is -0.721. The molecule has 0 aromatic heterocycles. The van der Waals surface area contributed by atoms with Gasteiger partial charge in [0.25, 0.3) is 5.91 Å². The number of nitrogens with zero attached hydrogens (tertiary/aromatic N) is 2. The van der Waals surface area contributed by atoms with Crippen LogP contribution in [0, 0.1) is 12.7 Å². The Kier molecular flexibility index (Phi) is 6.36. The van der Waals surface area contributed by atoms with Gasteiger partial charge in [-0.2, -0.15) is 4.31 Å². The number of hydrogen-bond acceptors (Lipinski definition) is 4. The fraction of sp³-hybridized carbons (Fsp3) is 0.381. The molecular weight excluding hydrogens is 393 g/mol. The lowest BCUT2D eigenvalue weighted by Gasteiger charge is -2.32. The van der Waals surface area contributed by atoms with E-state index in [1.807, 2.05) is 7.05 Å². The minimum absolute atomic E-state index is 0.157. The molecule has 1 amide bonds. The Morgan fingerprint density at radius 1 is 1.07 bits per heavy atom. The standard InChI is InChI=1S/C21H26FN3O3S/c1-15-4-5-18(21(26)23-16(2)17-6-8-19(22)9-7-17)14-20(15)29(27,28)25-12-10-24(3)11-13-25/h4-9,14,16H,10-13H2,1-3H3,(H,23,26). The Balaban J connectivity index is 1.80. The number of carbonyl (C=O) groups is 1. The van der Waals surface area contributed by atoms with Crippen LogP contribution in [0.25, 0.3) is 0 Å². The van der Waals surface area contributed by atoms with E-state index >= 15 is 0 Å². The third-order valence-corrected chi connectivity index (χ3v) is 7.29. The van der Waals surface area contributed by atoms with Crippen LogP contribution in [0.1, 0.15) is 34.5 Å². The molecule has 1 heterocycles. The zero-order chi connectivity index (χ0) is 21.2. The summed E-state index contributed by atoms with van der Waals surface area (Å²) in [6.07, 6.45) is 0. The van der Waals surface area contributed by atoms with Gasteiger partial charge in [-0.25, -0.2) is 12.8 Å². The average Bonchev–Trinajstić information content (AvgIpc) is 2.69. The molecule has 2 aromatic rings. The highest BCUT2D eigenvalue weighted by Gasteiger charge is 2.29. The van der Waals surface area contributed by atoms with Crippen LogP contribution in [-0.4, -0.2) is 56.8 Å². The summed E-state index contributed by atoms with van der Waals surface area (Å²) in [7, 11) is -1.71. The smallest absolute Gasteiger partial charge is 0.251 e. The van der Waals surface area contributed by atoms with Crippen LogP contribution in [0.4, 0.5) is 4.39 Å². The lowest BCUT2D eigenvalue weighted by molar-refractivity contribution is 0.0939. The molecule has 1 fully saturated rings. The van der Waals surface area contributed by atoms with Crippen molar-refractivity contribution in [3.8, 4) is 0 Å². The topological polar surface area (TPSA) is 69.7 Å². The number of sulfonamides is 1. The van der Waals surface area contributed by atoms with Gasteiger partial charge in [-0.3, -0.25) is 4.79 Å². The van der Waals surface area contributed by atoms with Crippen LogP contribution in [-0.2, 0) is 10.0 Å². The van der Waals surface area contributed by atoms with Gasteiger partial charge in [-0.05, 0) is 56.3 Å². The van der Waals surface area contributed by atoms with Crippen molar-refractivity contribution in [2.75, 3.05) is 33.2 Å². The van der Waals surface area contributed by atoms with Crippen LogP contribution in [0.5, 0.6) is 0 Å². The highest BCUT2D eigenvalue weighted by atomic mass is 32.2. The van der Waals surface area contributed by atoms with Gasteiger partial charge in [0.05, 0.1) is 10.9 Å². The second kappa shape index (κ2) is 8.61. The molecule has 2 aromatic carbocycles. The van der Waals surface area contributed by atoms with E-state index in [1.165, 1.54) is 22.5 Å². The normalized spacial score (nSPS) is 17.1. The second-order valence-corrected chi connectivity index (χ2v) is 9.34. The molecule has 1 aliphatic heterocycles. The number of piperazine rings is 1. The summed E-state index contributed by atoms with van der Waals surface area (Å²) < 4.78 is 40.8. The summed E-state index contributed by atoms with van der Waals surface area (Å²) in [5, 5.41) is 2.84. The van der Waals surface area contributed by atoms with Gasteiger partial charge < -0.3 is 10.2 Å². The van der Waals surface area contributed by atoms with Crippen molar-refractivity contribution in [2.45, 2.75) is 24.8 Å². The summed E-state index contributed by atoms with van der Waals surface area (Å²) in [5.41, 5.74) is 1.64. The predicted octanol–water partition coefficient (Wildman–Crippen LogP) is 2.56. The summed E-state index contributed by atoms with van der Waals surface area (Å²) >= 11 is 0. The Morgan fingerprint density at radius 3 is 2.31 bits per heavy atom. The van der Waals surface area contributed by atoms with E-state index in [2.05, 4.69) is 10.2 Å². The quantitative estimate of drug-likeness (QED) is 0.809. The molecule has 1 N–H and O–H groups in total. The van der Waals surface area contributed by atoms with Crippen LogP contribution < -0.4 is 5.32 Å². The van der Waals surface area contributed by atoms with Gasteiger partial charge >= 0.3 is 0 Å². The summed E-state index contributed by atoms with van der Waals surface area (Å²) in [6.45, 7) is 5.72. The molecule has 8 heteroatoms. The molecule has 29 heavy (non-hydrogen) atoms. The zero-order valence-electron chi connectivity index (χ0n) is 16.9. The minimum Gasteiger partial charge on any atom is -0.346 e. The Labute approximate surface area is 171 Å². The highest BCUT2D eigenvalue weighted by molar-refractivity contribution is 7.89. The molecular formula is C21H26FN3O3S. The maximum Gasteiger partial charge on any atom is 0.251 e.